The van der Waals surface area contributed by atoms with E-state index in [0.717, 1.165) is 19.5 Å². The van der Waals surface area contributed by atoms with Crippen molar-refractivity contribution < 1.29 is 0 Å². The van der Waals surface area contributed by atoms with Crippen molar-refractivity contribution in [3.8, 4) is 0 Å². The quantitative estimate of drug-likeness (QED) is 0.840. The second-order valence-corrected chi connectivity index (χ2v) is 5.29. The summed E-state index contributed by atoms with van der Waals surface area (Å²) in [6.45, 7) is 2.01. The minimum Gasteiger partial charge on any atom is -0.302 e. The fraction of sp³-hybridized carbons (Fsp3) is 0.267. The molecular formula is C15H17BrN2. The number of halogens is 1. The lowest BCUT2D eigenvalue weighted by atomic mass is 10.2. The Morgan fingerprint density at radius 1 is 1.11 bits per heavy atom. The monoisotopic (exact) mass is 304 g/mol. The molecule has 0 bridgehead atoms. The average molecular weight is 305 g/mol. The van der Waals surface area contributed by atoms with Crippen LogP contribution in [0.2, 0.25) is 0 Å². The van der Waals surface area contributed by atoms with Gasteiger partial charge >= 0.3 is 0 Å². The van der Waals surface area contributed by atoms with Gasteiger partial charge in [0.05, 0.1) is 0 Å². The number of benzene rings is 1. The molecule has 18 heavy (non-hydrogen) atoms. The highest BCUT2D eigenvalue weighted by atomic mass is 79.9. The SMILES string of the molecule is CN(CCc1ccncc1)Cc1ccccc1Br. The van der Waals surface area contributed by atoms with Crippen molar-refractivity contribution in [3.05, 3.63) is 64.4 Å². The number of hydrogen-bond donors (Lipinski definition) is 0. The first-order valence-corrected chi connectivity index (χ1v) is 6.86. The summed E-state index contributed by atoms with van der Waals surface area (Å²) in [7, 11) is 2.15. The maximum absolute atomic E-state index is 4.03. The van der Waals surface area contributed by atoms with Gasteiger partial charge in [0.15, 0.2) is 0 Å². The topological polar surface area (TPSA) is 16.1 Å². The average Bonchev–Trinajstić information content (AvgIpc) is 2.40. The number of pyridine rings is 1. The van der Waals surface area contributed by atoms with Crippen LogP contribution in [0.3, 0.4) is 0 Å². The van der Waals surface area contributed by atoms with E-state index in [-0.39, 0.29) is 0 Å². The summed E-state index contributed by atoms with van der Waals surface area (Å²) in [4.78, 5) is 6.37. The molecule has 2 nitrogen and oxygen atoms in total. The molecule has 0 aliphatic rings. The zero-order valence-electron chi connectivity index (χ0n) is 10.5. The van der Waals surface area contributed by atoms with E-state index in [1.165, 1.54) is 15.6 Å². The molecule has 0 aliphatic heterocycles. The highest BCUT2D eigenvalue weighted by molar-refractivity contribution is 9.10. The zero-order valence-corrected chi connectivity index (χ0v) is 12.1. The first kappa shape index (κ1) is 13.2. The Balaban J connectivity index is 1.86. The molecule has 0 atom stereocenters. The Morgan fingerprint density at radius 2 is 1.83 bits per heavy atom. The van der Waals surface area contributed by atoms with Crippen molar-refractivity contribution in [1.82, 2.24) is 9.88 Å². The maximum atomic E-state index is 4.03. The van der Waals surface area contributed by atoms with Crippen LogP contribution in [-0.2, 0) is 13.0 Å². The van der Waals surface area contributed by atoms with Gasteiger partial charge < -0.3 is 4.90 Å². The predicted molar refractivity (Wildman–Crippen MR) is 78.4 cm³/mol. The van der Waals surface area contributed by atoms with E-state index in [0.29, 0.717) is 0 Å². The van der Waals surface area contributed by atoms with Crippen LogP contribution in [-0.4, -0.2) is 23.5 Å². The van der Waals surface area contributed by atoms with Gasteiger partial charge in [0.1, 0.15) is 0 Å². The van der Waals surface area contributed by atoms with Crippen LogP contribution in [0.25, 0.3) is 0 Å². The van der Waals surface area contributed by atoms with Gasteiger partial charge in [-0.2, -0.15) is 0 Å². The lowest BCUT2D eigenvalue weighted by Crippen LogP contribution is -2.20. The third-order valence-corrected chi connectivity index (χ3v) is 3.70. The Labute approximate surface area is 117 Å². The van der Waals surface area contributed by atoms with Crippen LogP contribution in [0.1, 0.15) is 11.1 Å². The third kappa shape index (κ3) is 3.93. The van der Waals surface area contributed by atoms with Crippen molar-refractivity contribution in [3.63, 3.8) is 0 Å². The van der Waals surface area contributed by atoms with Crippen LogP contribution in [0.5, 0.6) is 0 Å². The predicted octanol–water partition coefficient (Wildman–Crippen LogP) is 3.52. The summed E-state index contributed by atoms with van der Waals surface area (Å²) in [5, 5.41) is 0. The number of hydrogen-bond acceptors (Lipinski definition) is 2. The molecule has 0 spiro atoms. The molecule has 0 radical (unpaired) electrons. The van der Waals surface area contributed by atoms with Crippen molar-refractivity contribution >= 4 is 15.9 Å². The van der Waals surface area contributed by atoms with Gasteiger partial charge in [0.25, 0.3) is 0 Å². The summed E-state index contributed by atoms with van der Waals surface area (Å²) in [5.41, 5.74) is 2.67. The second kappa shape index (κ2) is 6.66. The van der Waals surface area contributed by atoms with Gasteiger partial charge in [-0.15, -0.1) is 0 Å². The number of aromatic nitrogens is 1. The van der Waals surface area contributed by atoms with Crippen molar-refractivity contribution in [1.29, 1.82) is 0 Å². The minimum atomic E-state index is 0.965. The first-order chi connectivity index (χ1) is 8.75. The molecule has 0 saturated carbocycles. The van der Waals surface area contributed by atoms with Gasteiger partial charge in [-0.3, -0.25) is 4.98 Å². The highest BCUT2D eigenvalue weighted by Crippen LogP contribution is 2.17. The normalized spacial score (nSPS) is 10.8. The van der Waals surface area contributed by atoms with E-state index < -0.39 is 0 Å². The third-order valence-electron chi connectivity index (χ3n) is 2.93. The van der Waals surface area contributed by atoms with Crippen LogP contribution < -0.4 is 0 Å². The van der Waals surface area contributed by atoms with Gasteiger partial charge in [-0.1, -0.05) is 34.1 Å². The molecule has 2 rings (SSSR count). The molecule has 3 heteroatoms. The molecule has 0 amide bonds. The maximum Gasteiger partial charge on any atom is 0.0270 e. The number of nitrogens with zero attached hydrogens (tertiary/aromatic N) is 2. The smallest absolute Gasteiger partial charge is 0.0270 e. The Bertz CT molecular complexity index is 485. The van der Waals surface area contributed by atoms with Crippen LogP contribution >= 0.6 is 15.9 Å². The van der Waals surface area contributed by atoms with Crippen molar-refractivity contribution in [2.75, 3.05) is 13.6 Å². The summed E-state index contributed by atoms with van der Waals surface area (Å²) >= 11 is 3.59. The molecule has 0 aliphatic carbocycles. The van der Waals surface area contributed by atoms with Gasteiger partial charge in [0, 0.05) is 30.0 Å². The lowest BCUT2D eigenvalue weighted by Gasteiger charge is -2.17. The molecule has 1 aromatic heterocycles. The highest BCUT2D eigenvalue weighted by Gasteiger charge is 2.03. The van der Waals surface area contributed by atoms with Gasteiger partial charge in [0.2, 0.25) is 0 Å². The summed E-state index contributed by atoms with van der Waals surface area (Å²) in [6, 6.07) is 12.5. The summed E-state index contributed by atoms with van der Waals surface area (Å²) in [5.74, 6) is 0. The minimum absolute atomic E-state index is 0.965. The molecule has 0 fully saturated rings. The summed E-state index contributed by atoms with van der Waals surface area (Å²) < 4.78 is 1.18. The van der Waals surface area contributed by atoms with E-state index in [1.54, 1.807) is 0 Å². The van der Waals surface area contributed by atoms with E-state index in [2.05, 4.69) is 63.2 Å². The summed E-state index contributed by atoms with van der Waals surface area (Å²) in [6.07, 6.45) is 4.76. The van der Waals surface area contributed by atoms with E-state index in [1.807, 2.05) is 18.5 Å². The molecule has 2 aromatic rings. The molecule has 94 valence electrons. The Hall–Kier alpha value is -1.19. The van der Waals surface area contributed by atoms with Crippen LogP contribution in [0, 0.1) is 0 Å². The Morgan fingerprint density at radius 3 is 2.56 bits per heavy atom. The molecule has 0 unspecified atom stereocenters. The van der Waals surface area contributed by atoms with Gasteiger partial charge in [-0.25, -0.2) is 0 Å². The molecule has 1 heterocycles. The van der Waals surface area contributed by atoms with Crippen molar-refractivity contribution in [2.45, 2.75) is 13.0 Å². The van der Waals surface area contributed by atoms with Crippen LogP contribution in [0.4, 0.5) is 0 Å². The molecular weight excluding hydrogens is 288 g/mol. The number of rotatable bonds is 5. The largest absolute Gasteiger partial charge is 0.302 e. The molecule has 0 N–H and O–H groups in total. The number of likely N-dealkylation sites (N-methyl/N-ethyl adjacent to an activating group) is 1. The zero-order chi connectivity index (χ0) is 12.8. The van der Waals surface area contributed by atoms with Crippen LogP contribution in [0.15, 0.2) is 53.3 Å². The molecule has 0 saturated heterocycles. The fourth-order valence-corrected chi connectivity index (χ4v) is 2.28. The lowest BCUT2D eigenvalue weighted by molar-refractivity contribution is 0.330. The van der Waals surface area contributed by atoms with E-state index in [4.69, 9.17) is 0 Å². The molecule has 1 aromatic carbocycles. The Kier molecular flexibility index (Phi) is 4.90. The van der Waals surface area contributed by atoms with E-state index >= 15 is 0 Å². The van der Waals surface area contributed by atoms with Gasteiger partial charge in [-0.05, 0) is 42.8 Å². The first-order valence-electron chi connectivity index (χ1n) is 6.06. The standard InChI is InChI=1S/C15H17BrN2/c1-18(11-8-13-6-9-17-10-7-13)12-14-4-2-3-5-15(14)16/h2-7,9-10H,8,11-12H2,1H3. The fourth-order valence-electron chi connectivity index (χ4n) is 1.87. The van der Waals surface area contributed by atoms with Crippen molar-refractivity contribution in [2.24, 2.45) is 0 Å². The van der Waals surface area contributed by atoms with E-state index in [9.17, 15) is 0 Å². The second-order valence-electron chi connectivity index (χ2n) is 4.43.